The third-order valence-electron chi connectivity index (χ3n) is 4.85. The highest BCUT2D eigenvalue weighted by Gasteiger charge is 2.29. The first-order chi connectivity index (χ1) is 10.9. The Morgan fingerprint density at radius 1 is 1.17 bits per heavy atom. The molecule has 0 aromatic heterocycles. The Labute approximate surface area is 139 Å². The second kappa shape index (κ2) is 8.44. The van der Waals surface area contributed by atoms with E-state index in [1.54, 1.807) is 0 Å². The molecule has 0 aromatic carbocycles. The summed E-state index contributed by atoms with van der Waals surface area (Å²) in [5.74, 6) is -1.07. The van der Waals surface area contributed by atoms with Gasteiger partial charge < -0.3 is 9.84 Å². The van der Waals surface area contributed by atoms with Crippen LogP contribution >= 0.6 is 0 Å². The van der Waals surface area contributed by atoms with E-state index >= 15 is 0 Å². The molecule has 2 aliphatic carbocycles. The van der Waals surface area contributed by atoms with Crippen LogP contribution in [0.3, 0.4) is 0 Å². The zero-order valence-corrected chi connectivity index (χ0v) is 14.7. The zero-order chi connectivity index (χ0) is 16.9. The van der Waals surface area contributed by atoms with Crippen LogP contribution in [0.4, 0.5) is 0 Å². The molecular formula is C16H29NO5S. The lowest BCUT2D eigenvalue weighted by atomic mass is 9.87. The van der Waals surface area contributed by atoms with Crippen LogP contribution in [-0.2, 0) is 19.6 Å². The first-order valence-electron chi connectivity index (χ1n) is 8.70. The summed E-state index contributed by atoms with van der Waals surface area (Å²) in [7, 11) is -3.34. The van der Waals surface area contributed by atoms with Gasteiger partial charge in [-0.2, -0.15) is 0 Å². The molecular weight excluding hydrogens is 318 g/mol. The number of rotatable bonds is 8. The molecule has 0 saturated heterocycles. The fraction of sp³-hybridized carbons (Fsp3) is 0.938. The van der Waals surface area contributed by atoms with Crippen molar-refractivity contribution in [2.45, 2.75) is 70.4 Å². The highest BCUT2D eigenvalue weighted by molar-refractivity contribution is 7.89. The monoisotopic (exact) mass is 347 g/mol. The minimum absolute atomic E-state index is 0.0385. The largest absolute Gasteiger partial charge is 0.481 e. The van der Waals surface area contributed by atoms with E-state index in [4.69, 9.17) is 9.84 Å². The molecule has 0 spiro atoms. The molecule has 134 valence electrons. The SMILES string of the molecule is CC(COC1CCCC1)CS(=O)(=O)NC1CCC(C(=O)O)CC1. The van der Waals surface area contributed by atoms with Crippen LogP contribution < -0.4 is 4.72 Å². The topological polar surface area (TPSA) is 92.7 Å². The Morgan fingerprint density at radius 2 is 1.78 bits per heavy atom. The van der Waals surface area contributed by atoms with E-state index < -0.39 is 16.0 Å². The van der Waals surface area contributed by atoms with Gasteiger partial charge in [0.25, 0.3) is 0 Å². The molecule has 23 heavy (non-hydrogen) atoms. The lowest BCUT2D eigenvalue weighted by molar-refractivity contribution is -0.142. The van der Waals surface area contributed by atoms with E-state index in [-0.39, 0.29) is 23.6 Å². The summed E-state index contributed by atoms with van der Waals surface area (Å²) >= 11 is 0. The smallest absolute Gasteiger partial charge is 0.306 e. The zero-order valence-electron chi connectivity index (χ0n) is 13.9. The van der Waals surface area contributed by atoms with Gasteiger partial charge in [-0.05, 0) is 44.4 Å². The van der Waals surface area contributed by atoms with Gasteiger partial charge in [-0.1, -0.05) is 19.8 Å². The van der Waals surface area contributed by atoms with Crippen LogP contribution in [0.5, 0.6) is 0 Å². The van der Waals surface area contributed by atoms with Crippen molar-refractivity contribution in [3.8, 4) is 0 Å². The van der Waals surface area contributed by atoms with E-state index in [1.807, 2.05) is 6.92 Å². The van der Waals surface area contributed by atoms with Crippen LogP contribution in [-0.4, -0.2) is 44.0 Å². The van der Waals surface area contributed by atoms with Gasteiger partial charge in [-0.3, -0.25) is 4.79 Å². The Balaban J connectivity index is 1.70. The number of sulfonamides is 1. The van der Waals surface area contributed by atoms with Crippen molar-refractivity contribution in [2.24, 2.45) is 11.8 Å². The number of aliphatic carboxylic acids is 1. The maximum atomic E-state index is 12.2. The molecule has 2 N–H and O–H groups in total. The van der Waals surface area contributed by atoms with Crippen molar-refractivity contribution in [3.05, 3.63) is 0 Å². The van der Waals surface area contributed by atoms with Gasteiger partial charge in [0.2, 0.25) is 10.0 Å². The normalized spacial score (nSPS) is 27.9. The molecule has 1 atom stereocenters. The van der Waals surface area contributed by atoms with Gasteiger partial charge in [0, 0.05) is 6.04 Å². The second-order valence-electron chi connectivity index (χ2n) is 7.13. The summed E-state index contributed by atoms with van der Waals surface area (Å²) in [6.07, 6.45) is 7.18. The van der Waals surface area contributed by atoms with Crippen LogP contribution in [0.15, 0.2) is 0 Å². The van der Waals surface area contributed by atoms with Crippen molar-refractivity contribution in [1.82, 2.24) is 4.72 Å². The molecule has 1 unspecified atom stereocenters. The van der Waals surface area contributed by atoms with Crippen LogP contribution in [0, 0.1) is 11.8 Å². The molecule has 2 rings (SSSR count). The lowest BCUT2D eigenvalue weighted by Gasteiger charge is -2.27. The number of carbonyl (C=O) groups is 1. The van der Waals surface area contributed by atoms with E-state index in [0.29, 0.717) is 38.4 Å². The van der Waals surface area contributed by atoms with Crippen LogP contribution in [0.2, 0.25) is 0 Å². The molecule has 0 bridgehead atoms. The van der Waals surface area contributed by atoms with E-state index in [2.05, 4.69) is 4.72 Å². The van der Waals surface area contributed by atoms with E-state index in [0.717, 1.165) is 12.8 Å². The summed E-state index contributed by atoms with van der Waals surface area (Å²) in [5.41, 5.74) is 0. The predicted molar refractivity (Wildman–Crippen MR) is 87.7 cm³/mol. The minimum Gasteiger partial charge on any atom is -0.481 e. The molecule has 0 heterocycles. The van der Waals surface area contributed by atoms with Gasteiger partial charge in [0.1, 0.15) is 0 Å². The number of hydrogen-bond donors (Lipinski definition) is 2. The predicted octanol–water partition coefficient (Wildman–Crippen LogP) is 2.14. The summed E-state index contributed by atoms with van der Waals surface area (Å²) in [4.78, 5) is 10.9. The Morgan fingerprint density at radius 3 is 2.35 bits per heavy atom. The first kappa shape index (κ1) is 18.7. The number of ether oxygens (including phenoxy) is 1. The van der Waals surface area contributed by atoms with Crippen LogP contribution in [0.1, 0.15) is 58.3 Å². The highest BCUT2D eigenvalue weighted by Crippen LogP contribution is 2.25. The quantitative estimate of drug-likeness (QED) is 0.702. The molecule has 2 aliphatic rings. The molecule has 0 radical (unpaired) electrons. The molecule has 0 amide bonds. The van der Waals surface area contributed by atoms with Crippen molar-refractivity contribution >= 4 is 16.0 Å². The number of carboxylic acids is 1. The number of nitrogens with one attached hydrogen (secondary N) is 1. The highest BCUT2D eigenvalue weighted by atomic mass is 32.2. The van der Waals surface area contributed by atoms with Crippen molar-refractivity contribution in [3.63, 3.8) is 0 Å². The average molecular weight is 347 g/mol. The fourth-order valence-corrected chi connectivity index (χ4v) is 5.22. The van der Waals surface area contributed by atoms with Crippen molar-refractivity contribution < 1.29 is 23.1 Å². The lowest BCUT2D eigenvalue weighted by Crippen LogP contribution is -2.41. The first-order valence-corrected chi connectivity index (χ1v) is 10.4. The molecule has 0 aliphatic heterocycles. The minimum atomic E-state index is -3.34. The maximum absolute atomic E-state index is 12.2. The average Bonchev–Trinajstić information content (AvgIpc) is 2.98. The van der Waals surface area contributed by atoms with Crippen molar-refractivity contribution in [1.29, 1.82) is 0 Å². The molecule has 6 nitrogen and oxygen atoms in total. The van der Waals surface area contributed by atoms with Gasteiger partial charge in [-0.15, -0.1) is 0 Å². The summed E-state index contributed by atoms with van der Waals surface area (Å²) < 4.78 is 33.0. The van der Waals surface area contributed by atoms with E-state index in [9.17, 15) is 13.2 Å². The van der Waals surface area contributed by atoms with Gasteiger partial charge >= 0.3 is 5.97 Å². The second-order valence-corrected chi connectivity index (χ2v) is 8.93. The summed E-state index contributed by atoms with van der Waals surface area (Å²) in [6.45, 7) is 2.38. The summed E-state index contributed by atoms with van der Waals surface area (Å²) in [6, 6.07) is -0.126. The summed E-state index contributed by atoms with van der Waals surface area (Å²) in [5, 5.41) is 8.97. The standard InChI is InChI=1S/C16H29NO5S/c1-12(10-22-15-4-2-3-5-15)11-23(20,21)17-14-8-6-13(7-9-14)16(18)19/h12-15,17H,2-11H2,1H3,(H,18,19). The Hall–Kier alpha value is -0.660. The Bertz CT molecular complexity index is 479. The van der Waals surface area contributed by atoms with E-state index in [1.165, 1.54) is 12.8 Å². The Kier molecular flexibility index (Phi) is 6.85. The third kappa shape index (κ3) is 6.39. The molecule has 2 fully saturated rings. The molecule has 2 saturated carbocycles. The van der Waals surface area contributed by atoms with Crippen molar-refractivity contribution in [2.75, 3.05) is 12.4 Å². The maximum Gasteiger partial charge on any atom is 0.306 e. The number of carboxylic acid groups (broad SMARTS) is 1. The van der Waals surface area contributed by atoms with Gasteiger partial charge in [0.15, 0.2) is 0 Å². The van der Waals surface area contributed by atoms with Crippen LogP contribution in [0.25, 0.3) is 0 Å². The third-order valence-corrected chi connectivity index (χ3v) is 6.55. The number of hydrogen-bond acceptors (Lipinski definition) is 4. The fourth-order valence-electron chi connectivity index (χ4n) is 3.54. The molecule has 7 heteroatoms. The molecule has 0 aromatic rings. The van der Waals surface area contributed by atoms with Gasteiger partial charge in [-0.25, -0.2) is 13.1 Å². The van der Waals surface area contributed by atoms with Gasteiger partial charge in [0.05, 0.1) is 24.4 Å².